The molecule has 5 heteroatoms. The monoisotopic (exact) mass is 280 g/mol. The topological polar surface area (TPSA) is 15.3 Å². The van der Waals surface area contributed by atoms with Gasteiger partial charge < -0.3 is 10.2 Å². The number of alkyl halides is 3. The van der Waals surface area contributed by atoms with Gasteiger partial charge in [-0.2, -0.15) is 13.2 Å². The third-order valence-electron chi connectivity index (χ3n) is 3.67. The van der Waals surface area contributed by atoms with Crippen LogP contribution in [0.2, 0.25) is 0 Å². The Kier molecular flexibility index (Phi) is 7.15. The number of piperidine rings is 1. The predicted molar refractivity (Wildman–Crippen MR) is 72.2 cm³/mol. The Hall–Kier alpha value is -0.290. The van der Waals surface area contributed by atoms with Crippen molar-refractivity contribution in [1.29, 1.82) is 0 Å². The number of nitrogens with one attached hydrogen (secondary N) is 1. The molecule has 1 fully saturated rings. The van der Waals surface area contributed by atoms with Crippen molar-refractivity contribution in [2.45, 2.75) is 58.2 Å². The van der Waals surface area contributed by atoms with Crippen molar-refractivity contribution in [3.63, 3.8) is 0 Å². The maximum absolute atomic E-state index is 12.6. The van der Waals surface area contributed by atoms with Crippen LogP contribution in [-0.2, 0) is 0 Å². The molecule has 1 unspecified atom stereocenters. The Balaban J connectivity index is 2.09. The molecule has 1 rings (SSSR count). The summed E-state index contributed by atoms with van der Waals surface area (Å²) < 4.78 is 37.9. The zero-order valence-electron chi connectivity index (χ0n) is 12.1. The van der Waals surface area contributed by atoms with Gasteiger partial charge >= 0.3 is 6.18 Å². The van der Waals surface area contributed by atoms with Crippen molar-refractivity contribution in [2.24, 2.45) is 5.92 Å². The summed E-state index contributed by atoms with van der Waals surface area (Å²) in [7, 11) is 0. The summed E-state index contributed by atoms with van der Waals surface area (Å²) in [6, 6.07) is 0.509. The number of nitrogens with zero attached hydrogens (tertiary/aromatic N) is 1. The standard InChI is InChI=1S/C14H27F3N2/c1-12(2)18-8-4-3-5-9-19-10-6-7-13(11-19)14(15,16)17/h12-13,18H,3-11H2,1-2H3. The van der Waals surface area contributed by atoms with E-state index in [2.05, 4.69) is 19.2 Å². The Labute approximate surface area is 114 Å². The van der Waals surface area contributed by atoms with Crippen molar-refractivity contribution < 1.29 is 13.2 Å². The fourth-order valence-corrected chi connectivity index (χ4v) is 2.55. The van der Waals surface area contributed by atoms with Crippen LogP contribution < -0.4 is 5.32 Å². The SMILES string of the molecule is CC(C)NCCCCCN1CCCC(C(F)(F)F)C1. The van der Waals surface area contributed by atoms with Gasteiger partial charge in [-0.05, 0) is 45.3 Å². The molecule has 114 valence electrons. The number of hydrogen-bond donors (Lipinski definition) is 1. The summed E-state index contributed by atoms with van der Waals surface area (Å²) >= 11 is 0. The van der Waals surface area contributed by atoms with E-state index in [1.54, 1.807) is 0 Å². The van der Waals surface area contributed by atoms with Gasteiger partial charge in [0.25, 0.3) is 0 Å². The first-order chi connectivity index (χ1) is 8.89. The van der Waals surface area contributed by atoms with Gasteiger partial charge in [-0.3, -0.25) is 0 Å². The van der Waals surface area contributed by atoms with Gasteiger partial charge in [0.2, 0.25) is 0 Å². The first-order valence-electron chi connectivity index (χ1n) is 7.42. The molecule has 1 heterocycles. The lowest BCUT2D eigenvalue weighted by Gasteiger charge is -2.33. The third-order valence-corrected chi connectivity index (χ3v) is 3.67. The van der Waals surface area contributed by atoms with Gasteiger partial charge in [0.15, 0.2) is 0 Å². The van der Waals surface area contributed by atoms with E-state index in [1.807, 2.05) is 4.90 Å². The van der Waals surface area contributed by atoms with E-state index in [4.69, 9.17) is 0 Å². The summed E-state index contributed by atoms with van der Waals surface area (Å²) in [4.78, 5) is 1.98. The second-order valence-electron chi connectivity index (χ2n) is 5.85. The Morgan fingerprint density at radius 1 is 1.21 bits per heavy atom. The highest BCUT2D eigenvalue weighted by molar-refractivity contribution is 4.77. The highest BCUT2D eigenvalue weighted by Crippen LogP contribution is 2.33. The third kappa shape index (κ3) is 7.16. The maximum atomic E-state index is 12.6. The Morgan fingerprint density at radius 2 is 1.95 bits per heavy atom. The lowest BCUT2D eigenvalue weighted by molar-refractivity contribution is -0.186. The van der Waals surface area contributed by atoms with Crippen LogP contribution in [-0.4, -0.2) is 43.3 Å². The van der Waals surface area contributed by atoms with Gasteiger partial charge in [-0.15, -0.1) is 0 Å². The molecule has 0 saturated carbocycles. The van der Waals surface area contributed by atoms with E-state index in [9.17, 15) is 13.2 Å². The highest BCUT2D eigenvalue weighted by Gasteiger charge is 2.41. The fraction of sp³-hybridized carbons (Fsp3) is 1.00. The minimum atomic E-state index is -4.01. The summed E-state index contributed by atoms with van der Waals surface area (Å²) in [6.45, 7) is 7.08. The predicted octanol–water partition coefficient (Wildman–Crippen LogP) is 3.43. The van der Waals surface area contributed by atoms with Crippen LogP contribution in [0.15, 0.2) is 0 Å². The van der Waals surface area contributed by atoms with E-state index < -0.39 is 12.1 Å². The molecule has 0 bridgehead atoms. The van der Waals surface area contributed by atoms with E-state index in [0.717, 1.165) is 38.9 Å². The van der Waals surface area contributed by atoms with Crippen molar-refractivity contribution in [1.82, 2.24) is 10.2 Å². The van der Waals surface area contributed by atoms with Crippen molar-refractivity contribution in [3.8, 4) is 0 Å². The largest absolute Gasteiger partial charge is 0.393 e. The van der Waals surface area contributed by atoms with Crippen LogP contribution in [0, 0.1) is 5.92 Å². The number of halogens is 3. The van der Waals surface area contributed by atoms with Gasteiger partial charge in [0, 0.05) is 12.6 Å². The van der Waals surface area contributed by atoms with E-state index in [0.29, 0.717) is 18.9 Å². The van der Waals surface area contributed by atoms with Crippen molar-refractivity contribution >= 4 is 0 Å². The molecule has 1 saturated heterocycles. The lowest BCUT2D eigenvalue weighted by atomic mass is 9.97. The number of unbranched alkanes of at least 4 members (excludes halogenated alkanes) is 2. The highest BCUT2D eigenvalue weighted by atomic mass is 19.4. The summed E-state index contributed by atoms with van der Waals surface area (Å²) in [6.07, 6.45) is 0.170. The molecule has 1 atom stereocenters. The molecular weight excluding hydrogens is 253 g/mol. The molecule has 0 spiro atoms. The molecule has 1 aliphatic heterocycles. The first kappa shape index (κ1) is 16.8. The summed E-state index contributed by atoms with van der Waals surface area (Å²) in [5.74, 6) is -1.11. The Morgan fingerprint density at radius 3 is 2.58 bits per heavy atom. The van der Waals surface area contributed by atoms with Crippen LogP contribution in [0.25, 0.3) is 0 Å². The molecule has 19 heavy (non-hydrogen) atoms. The van der Waals surface area contributed by atoms with E-state index >= 15 is 0 Å². The molecule has 0 aromatic rings. The van der Waals surface area contributed by atoms with Crippen LogP contribution in [0.4, 0.5) is 13.2 Å². The molecule has 0 amide bonds. The number of hydrogen-bond acceptors (Lipinski definition) is 2. The second kappa shape index (κ2) is 8.10. The quantitative estimate of drug-likeness (QED) is 0.719. The van der Waals surface area contributed by atoms with Crippen molar-refractivity contribution in [2.75, 3.05) is 26.2 Å². The molecule has 0 radical (unpaired) electrons. The van der Waals surface area contributed by atoms with Gasteiger partial charge in [0.1, 0.15) is 0 Å². The minimum absolute atomic E-state index is 0.202. The zero-order chi connectivity index (χ0) is 14.3. The first-order valence-corrected chi connectivity index (χ1v) is 7.42. The number of likely N-dealkylation sites (tertiary alicyclic amines) is 1. The average molecular weight is 280 g/mol. The summed E-state index contributed by atoms with van der Waals surface area (Å²) in [5.41, 5.74) is 0. The molecular formula is C14H27F3N2. The second-order valence-corrected chi connectivity index (χ2v) is 5.85. The zero-order valence-corrected chi connectivity index (χ0v) is 12.1. The molecule has 1 N–H and O–H groups in total. The van der Waals surface area contributed by atoms with Crippen molar-refractivity contribution in [3.05, 3.63) is 0 Å². The van der Waals surface area contributed by atoms with Crippen LogP contribution in [0.3, 0.4) is 0 Å². The van der Waals surface area contributed by atoms with Crippen LogP contribution in [0.1, 0.15) is 46.0 Å². The molecule has 0 aromatic carbocycles. The normalized spacial score (nSPS) is 22.1. The van der Waals surface area contributed by atoms with E-state index in [1.165, 1.54) is 0 Å². The minimum Gasteiger partial charge on any atom is -0.315 e. The molecule has 0 aromatic heterocycles. The molecule has 1 aliphatic rings. The smallest absolute Gasteiger partial charge is 0.315 e. The van der Waals surface area contributed by atoms with Crippen LogP contribution in [0.5, 0.6) is 0 Å². The van der Waals surface area contributed by atoms with Gasteiger partial charge in [0.05, 0.1) is 5.92 Å². The average Bonchev–Trinajstić information content (AvgIpc) is 2.32. The molecule has 2 nitrogen and oxygen atoms in total. The van der Waals surface area contributed by atoms with Gasteiger partial charge in [-0.25, -0.2) is 0 Å². The lowest BCUT2D eigenvalue weighted by Crippen LogP contribution is -2.42. The molecule has 0 aliphatic carbocycles. The van der Waals surface area contributed by atoms with Crippen LogP contribution >= 0.6 is 0 Å². The van der Waals surface area contributed by atoms with E-state index in [-0.39, 0.29) is 6.54 Å². The Bertz CT molecular complexity index is 241. The van der Waals surface area contributed by atoms with Gasteiger partial charge in [-0.1, -0.05) is 20.3 Å². The number of rotatable bonds is 7. The fourth-order valence-electron chi connectivity index (χ4n) is 2.55. The summed E-state index contributed by atoms with van der Waals surface area (Å²) in [5, 5.41) is 3.35. The maximum Gasteiger partial charge on any atom is 0.393 e.